The maximum Gasteiger partial charge on any atom is 0.0668 e. The van der Waals surface area contributed by atoms with Gasteiger partial charge in [0.1, 0.15) is 0 Å². The highest BCUT2D eigenvalue weighted by Gasteiger charge is 2.32. The summed E-state index contributed by atoms with van der Waals surface area (Å²) in [5.74, 6) is 0. The molecule has 0 aromatic rings. The van der Waals surface area contributed by atoms with E-state index in [2.05, 4.69) is 5.32 Å². The predicted molar refractivity (Wildman–Crippen MR) is 59.0 cm³/mol. The van der Waals surface area contributed by atoms with Crippen molar-refractivity contribution in [1.82, 2.24) is 5.32 Å². The summed E-state index contributed by atoms with van der Waals surface area (Å²) in [6, 6.07) is 0.588. The highest BCUT2D eigenvalue weighted by molar-refractivity contribution is 4.92. The van der Waals surface area contributed by atoms with E-state index < -0.39 is 0 Å². The topological polar surface area (TPSA) is 50.7 Å². The number of aliphatic hydroxyl groups excluding tert-OH is 1. The Hall–Kier alpha value is -0.160. The molecule has 4 heteroatoms. The van der Waals surface area contributed by atoms with E-state index in [1.807, 2.05) is 6.92 Å². The molecule has 0 bridgehead atoms. The van der Waals surface area contributed by atoms with Gasteiger partial charge < -0.3 is 19.9 Å². The van der Waals surface area contributed by atoms with Crippen LogP contribution in [0.4, 0.5) is 0 Å². The fraction of sp³-hybridized carbons (Fsp3) is 1.00. The molecule has 0 radical (unpaired) electrons. The zero-order chi connectivity index (χ0) is 11.1. The maximum absolute atomic E-state index is 9.30. The Morgan fingerprint density at radius 3 is 2.67 bits per heavy atom. The van der Waals surface area contributed by atoms with Crippen LogP contribution >= 0.6 is 0 Å². The molecular formula is C11H23NO3. The molecule has 1 aliphatic rings. The van der Waals surface area contributed by atoms with Gasteiger partial charge in [-0.3, -0.25) is 0 Å². The van der Waals surface area contributed by atoms with Crippen LogP contribution in [0.25, 0.3) is 0 Å². The summed E-state index contributed by atoms with van der Waals surface area (Å²) >= 11 is 0. The summed E-state index contributed by atoms with van der Waals surface area (Å²) in [5, 5.41) is 12.7. The minimum atomic E-state index is -0.283. The maximum atomic E-state index is 9.30. The Balaban J connectivity index is 2.08. The van der Waals surface area contributed by atoms with Crippen molar-refractivity contribution in [1.29, 1.82) is 0 Å². The van der Waals surface area contributed by atoms with E-state index in [4.69, 9.17) is 9.47 Å². The zero-order valence-corrected chi connectivity index (χ0v) is 9.79. The first kappa shape index (κ1) is 12.9. The first-order valence-electron chi connectivity index (χ1n) is 5.65. The van der Waals surface area contributed by atoms with Crippen LogP contribution in [0.5, 0.6) is 0 Å². The van der Waals surface area contributed by atoms with E-state index in [0.717, 1.165) is 13.0 Å². The number of methoxy groups -OCH3 is 1. The minimum absolute atomic E-state index is 0.119. The lowest BCUT2D eigenvalue weighted by Crippen LogP contribution is -2.50. The van der Waals surface area contributed by atoms with Gasteiger partial charge in [-0.25, -0.2) is 0 Å². The first-order valence-corrected chi connectivity index (χ1v) is 5.65. The van der Waals surface area contributed by atoms with E-state index >= 15 is 0 Å². The molecule has 0 aliphatic heterocycles. The minimum Gasteiger partial charge on any atom is -0.394 e. The normalized spacial score (nSPS) is 20.2. The van der Waals surface area contributed by atoms with Gasteiger partial charge in [-0.15, -0.1) is 0 Å². The molecule has 0 spiro atoms. The number of nitrogens with one attached hydrogen (secondary N) is 1. The molecule has 1 atom stereocenters. The van der Waals surface area contributed by atoms with Crippen molar-refractivity contribution in [3.05, 3.63) is 0 Å². The Morgan fingerprint density at radius 1 is 1.40 bits per heavy atom. The molecule has 0 saturated heterocycles. The Bertz CT molecular complexity index is 173. The van der Waals surface area contributed by atoms with Crippen LogP contribution in [0.1, 0.15) is 26.2 Å². The number of hydrogen-bond donors (Lipinski definition) is 2. The lowest BCUT2D eigenvalue weighted by Gasteiger charge is -2.28. The summed E-state index contributed by atoms with van der Waals surface area (Å²) in [6.45, 7) is 4.10. The summed E-state index contributed by atoms with van der Waals surface area (Å²) in [6.07, 6.45) is 3.35. The lowest BCUT2D eigenvalue weighted by molar-refractivity contribution is 0.0346. The van der Waals surface area contributed by atoms with Gasteiger partial charge >= 0.3 is 0 Å². The van der Waals surface area contributed by atoms with Gasteiger partial charge in [0.2, 0.25) is 0 Å². The standard InChI is InChI=1S/C11H23NO3/c1-11(8-13,12-10-4-5-10)9-15-7-3-6-14-2/h10,12-13H,3-9H2,1-2H3. The Kier molecular flexibility index (Phi) is 5.53. The fourth-order valence-corrected chi connectivity index (χ4v) is 1.46. The monoisotopic (exact) mass is 217 g/mol. The molecule has 0 heterocycles. The van der Waals surface area contributed by atoms with Crippen molar-refractivity contribution >= 4 is 0 Å². The third kappa shape index (κ3) is 5.47. The lowest BCUT2D eigenvalue weighted by atomic mass is 10.1. The summed E-state index contributed by atoms with van der Waals surface area (Å²) < 4.78 is 10.4. The Labute approximate surface area is 92.0 Å². The smallest absolute Gasteiger partial charge is 0.0668 e. The average Bonchev–Trinajstić information content (AvgIpc) is 3.01. The highest BCUT2D eigenvalue weighted by atomic mass is 16.5. The molecular weight excluding hydrogens is 194 g/mol. The quantitative estimate of drug-likeness (QED) is 0.554. The molecule has 1 rings (SSSR count). The van der Waals surface area contributed by atoms with Crippen LogP contribution in [0.2, 0.25) is 0 Å². The van der Waals surface area contributed by atoms with Gasteiger partial charge in [-0.2, -0.15) is 0 Å². The van der Waals surface area contributed by atoms with Crippen molar-refractivity contribution < 1.29 is 14.6 Å². The van der Waals surface area contributed by atoms with Gasteiger partial charge in [-0.05, 0) is 26.2 Å². The van der Waals surface area contributed by atoms with Crippen LogP contribution < -0.4 is 5.32 Å². The molecule has 0 amide bonds. The number of hydrogen-bond acceptors (Lipinski definition) is 4. The van der Waals surface area contributed by atoms with Gasteiger partial charge in [0.05, 0.1) is 18.8 Å². The van der Waals surface area contributed by atoms with Gasteiger partial charge in [0.15, 0.2) is 0 Å². The summed E-state index contributed by atoms with van der Waals surface area (Å²) in [5.41, 5.74) is -0.283. The second kappa shape index (κ2) is 6.43. The molecule has 0 aromatic carbocycles. The van der Waals surface area contributed by atoms with Crippen molar-refractivity contribution in [2.24, 2.45) is 0 Å². The van der Waals surface area contributed by atoms with E-state index in [0.29, 0.717) is 19.3 Å². The largest absolute Gasteiger partial charge is 0.394 e. The van der Waals surface area contributed by atoms with Gasteiger partial charge in [-0.1, -0.05) is 0 Å². The second-order valence-electron chi connectivity index (χ2n) is 4.54. The number of ether oxygens (including phenoxy) is 2. The molecule has 2 N–H and O–H groups in total. The number of aliphatic hydroxyl groups is 1. The Morgan fingerprint density at radius 2 is 2.13 bits per heavy atom. The summed E-state index contributed by atoms with van der Waals surface area (Å²) in [4.78, 5) is 0. The molecule has 4 nitrogen and oxygen atoms in total. The van der Waals surface area contributed by atoms with E-state index in [1.54, 1.807) is 7.11 Å². The zero-order valence-electron chi connectivity index (χ0n) is 9.79. The third-order valence-corrected chi connectivity index (χ3v) is 2.54. The molecule has 1 aliphatic carbocycles. The van der Waals surface area contributed by atoms with Crippen molar-refractivity contribution in [2.45, 2.75) is 37.8 Å². The second-order valence-corrected chi connectivity index (χ2v) is 4.54. The third-order valence-electron chi connectivity index (χ3n) is 2.54. The fourth-order valence-electron chi connectivity index (χ4n) is 1.46. The van der Waals surface area contributed by atoms with Crippen molar-refractivity contribution in [2.75, 3.05) is 33.5 Å². The predicted octanol–water partition coefficient (Wildman–Crippen LogP) is 0.542. The first-order chi connectivity index (χ1) is 7.20. The van der Waals surface area contributed by atoms with E-state index in [9.17, 15) is 5.11 Å². The summed E-state index contributed by atoms with van der Waals surface area (Å²) in [7, 11) is 1.69. The molecule has 90 valence electrons. The van der Waals surface area contributed by atoms with Crippen molar-refractivity contribution in [3.63, 3.8) is 0 Å². The van der Waals surface area contributed by atoms with Crippen molar-refractivity contribution in [3.8, 4) is 0 Å². The van der Waals surface area contributed by atoms with Crippen LogP contribution in [0.3, 0.4) is 0 Å². The van der Waals surface area contributed by atoms with Gasteiger partial charge in [0.25, 0.3) is 0 Å². The van der Waals surface area contributed by atoms with Crippen LogP contribution in [-0.4, -0.2) is 50.2 Å². The van der Waals surface area contributed by atoms with Crippen LogP contribution in [-0.2, 0) is 9.47 Å². The number of rotatable bonds is 9. The molecule has 1 fully saturated rings. The average molecular weight is 217 g/mol. The van der Waals surface area contributed by atoms with E-state index in [1.165, 1.54) is 12.8 Å². The molecule has 0 aromatic heterocycles. The molecule has 15 heavy (non-hydrogen) atoms. The highest BCUT2D eigenvalue weighted by Crippen LogP contribution is 2.22. The van der Waals surface area contributed by atoms with Gasteiger partial charge in [0, 0.05) is 26.4 Å². The van der Waals surface area contributed by atoms with Crippen LogP contribution in [0.15, 0.2) is 0 Å². The molecule has 1 saturated carbocycles. The SMILES string of the molecule is COCCCOCC(C)(CO)NC1CC1. The van der Waals surface area contributed by atoms with E-state index in [-0.39, 0.29) is 12.1 Å². The molecule has 1 unspecified atom stereocenters. The van der Waals surface area contributed by atoms with Crippen LogP contribution in [0, 0.1) is 0 Å².